The predicted molar refractivity (Wildman–Crippen MR) is 75.4 cm³/mol. The molecule has 2 rings (SSSR count). The van der Waals surface area contributed by atoms with Crippen LogP contribution < -0.4 is 4.90 Å². The van der Waals surface area contributed by atoms with Gasteiger partial charge < -0.3 is 14.7 Å². The summed E-state index contributed by atoms with van der Waals surface area (Å²) in [7, 11) is 0. The molecule has 1 fully saturated rings. The Morgan fingerprint density at radius 3 is 3.10 bits per heavy atom. The quantitative estimate of drug-likeness (QED) is 0.850. The molecular weight excluding hydrogens is 256 g/mol. The highest BCUT2D eigenvalue weighted by Crippen LogP contribution is 2.25. The van der Waals surface area contributed by atoms with Crippen molar-refractivity contribution >= 4 is 17.7 Å². The molecule has 5 heteroatoms. The summed E-state index contributed by atoms with van der Waals surface area (Å²) in [5, 5.41) is 17.7. The Balaban J connectivity index is 2.31. The fraction of sp³-hybridized carbons (Fsp3) is 0.333. The molecule has 0 aromatic heterocycles. The smallest absolute Gasteiger partial charge is 0.328 e. The molecule has 0 amide bonds. The van der Waals surface area contributed by atoms with E-state index in [1.54, 1.807) is 6.08 Å². The molecule has 1 N–H and O–H groups in total. The van der Waals surface area contributed by atoms with Crippen LogP contribution in [0, 0.1) is 18.3 Å². The zero-order chi connectivity index (χ0) is 14.5. The SMILES string of the molecule is Cc1ccc(N2CCOC(C#N)C2)c(/C=C/C(=O)O)c1. The van der Waals surface area contributed by atoms with Crippen molar-refractivity contribution in [1.29, 1.82) is 5.26 Å². The molecule has 1 atom stereocenters. The van der Waals surface area contributed by atoms with Crippen molar-refractivity contribution < 1.29 is 14.6 Å². The van der Waals surface area contributed by atoms with Crippen LogP contribution in [0.2, 0.25) is 0 Å². The highest BCUT2D eigenvalue weighted by molar-refractivity contribution is 5.87. The third-order valence-corrected chi connectivity index (χ3v) is 3.14. The molecule has 1 unspecified atom stereocenters. The number of carboxylic acid groups (broad SMARTS) is 1. The highest BCUT2D eigenvalue weighted by Gasteiger charge is 2.21. The second-order valence-corrected chi connectivity index (χ2v) is 4.67. The predicted octanol–water partition coefficient (Wildman–Crippen LogP) is 1.82. The first-order valence-electron chi connectivity index (χ1n) is 6.38. The Morgan fingerprint density at radius 2 is 2.40 bits per heavy atom. The van der Waals surface area contributed by atoms with Crippen LogP contribution in [0.1, 0.15) is 11.1 Å². The van der Waals surface area contributed by atoms with Gasteiger partial charge in [0.05, 0.1) is 19.2 Å². The van der Waals surface area contributed by atoms with Gasteiger partial charge in [-0.3, -0.25) is 0 Å². The number of benzene rings is 1. The number of nitriles is 1. The molecule has 1 aromatic carbocycles. The molecule has 1 heterocycles. The summed E-state index contributed by atoms with van der Waals surface area (Å²) in [6.07, 6.45) is 2.27. The van der Waals surface area contributed by atoms with Crippen LogP contribution >= 0.6 is 0 Å². The second kappa shape index (κ2) is 6.22. The zero-order valence-corrected chi connectivity index (χ0v) is 11.2. The third kappa shape index (κ3) is 3.37. The molecule has 0 saturated carbocycles. The summed E-state index contributed by atoms with van der Waals surface area (Å²) >= 11 is 0. The van der Waals surface area contributed by atoms with Crippen LogP contribution in [0.15, 0.2) is 24.3 Å². The number of ether oxygens (including phenoxy) is 1. The van der Waals surface area contributed by atoms with Gasteiger partial charge in [-0.2, -0.15) is 5.26 Å². The van der Waals surface area contributed by atoms with Gasteiger partial charge in [-0.1, -0.05) is 11.6 Å². The molecule has 0 bridgehead atoms. The van der Waals surface area contributed by atoms with Crippen LogP contribution in [0.5, 0.6) is 0 Å². The van der Waals surface area contributed by atoms with Crippen LogP contribution in [0.4, 0.5) is 5.69 Å². The van der Waals surface area contributed by atoms with E-state index in [0.29, 0.717) is 19.7 Å². The highest BCUT2D eigenvalue weighted by atomic mass is 16.5. The van der Waals surface area contributed by atoms with Gasteiger partial charge in [0.25, 0.3) is 0 Å². The monoisotopic (exact) mass is 272 g/mol. The van der Waals surface area contributed by atoms with Crippen LogP contribution in [-0.4, -0.2) is 36.9 Å². The summed E-state index contributed by atoms with van der Waals surface area (Å²) in [6.45, 7) is 3.64. The van der Waals surface area contributed by atoms with Gasteiger partial charge in [0.2, 0.25) is 0 Å². The number of rotatable bonds is 3. The minimum atomic E-state index is -0.977. The van der Waals surface area contributed by atoms with E-state index in [4.69, 9.17) is 15.1 Å². The number of aliphatic carboxylic acids is 1. The Morgan fingerprint density at radius 1 is 1.60 bits per heavy atom. The Hall–Kier alpha value is -2.32. The van der Waals surface area contributed by atoms with E-state index in [0.717, 1.165) is 22.9 Å². The number of hydrogen-bond acceptors (Lipinski definition) is 4. The number of carboxylic acids is 1. The molecule has 1 saturated heterocycles. The molecule has 5 nitrogen and oxygen atoms in total. The van der Waals surface area contributed by atoms with Gasteiger partial charge >= 0.3 is 5.97 Å². The van der Waals surface area contributed by atoms with E-state index in [1.807, 2.05) is 25.1 Å². The second-order valence-electron chi connectivity index (χ2n) is 4.67. The third-order valence-electron chi connectivity index (χ3n) is 3.14. The van der Waals surface area contributed by atoms with Crippen LogP contribution in [0.3, 0.4) is 0 Å². The fourth-order valence-electron chi connectivity index (χ4n) is 2.20. The maximum atomic E-state index is 10.7. The molecule has 0 spiro atoms. The summed E-state index contributed by atoms with van der Waals surface area (Å²) in [4.78, 5) is 12.7. The fourth-order valence-corrected chi connectivity index (χ4v) is 2.20. The van der Waals surface area contributed by atoms with Crippen molar-refractivity contribution in [3.05, 3.63) is 35.4 Å². The summed E-state index contributed by atoms with van der Waals surface area (Å²) in [6, 6.07) is 7.98. The maximum Gasteiger partial charge on any atom is 0.328 e. The van der Waals surface area contributed by atoms with E-state index in [1.165, 1.54) is 0 Å². The topological polar surface area (TPSA) is 73.6 Å². The van der Waals surface area contributed by atoms with Gasteiger partial charge in [0, 0.05) is 18.3 Å². The number of morpholine rings is 1. The van der Waals surface area contributed by atoms with Crippen molar-refractivity contribution in [3.8, 4) is 6.07 Å². The van der Waals surface area contributed by atoms with E-state index in [9.17, 15) is 4.79 Å². The molecule has 0 aliphatic carbocycles. The maximum absolute atomic E-state index is 10.7. The van der Waals surface area contributed by atoms with E-state index in [-0.39, 0.29) is 0 Å². The lowest BCUT2D eigenvalue weighted by molar-refractivity contribution is -0.131. The number of nitrogens with zero attached hydrogens (tertiary/aromatic N) is 2. The summed E-state index contributed by atoms with van der Waals surface area (Å²) < 4.78 is 5.33. The van der Waals surface area contributed by atoms with E-state index < -0.39 is 12.1 Å². The minimum Gasteiger partial charge on any atom is -0.478 e. The lowest BCUT2D eigenvalue weighted by atomic mass is 10.1. The largest absolute Gasteiger partial charge is 0.478 e. The van der Waals surface area contributed by atoms with Gasteiger partial charge in [-0.25, -0.2) is 4.79 Å². The molecule has 0 radical (unpaired) electrons. The Bertz CT molecular complexity index is 575. The molecule has 1 aliphatic rings. The zero-order valence-electron chi connectivity index (χ0n) is 11.2. The number of carbonyl (C=O) groups is 1. The number of aryl methyl sites for hydroxylation is 1. The molecule has 20 heavy (non-hydrogen) atoms. The normalized spacial score (nSPS) is 19.0. The minimum absolute atomic E-state index is 0.443. The number of hydrogen-bond donors (Lipinski definition) is 1. The Labute approximate surface area is 117 Å². The number of anilines is 1. The lowest BCUT2D eigenvalue weighted by Crippen LogP contribution is -2.42. The van der Waals surface area contributed by atoms with Crippen molar-refractivity contribution in [1.82, 2.24) is 0 Å². The average molecular weight is 272 g/mol. The van der Waals surface area contributed by atoms with Crippen molar-refractivity contribution in [2.45, 2.75) is 13.0 Å². The van der Waals surface area contributed by atoms with Gasteiger partial charge in [0.15, 0.2) is 6.10 Å². The summed E-state index contributed by atoms with van der Waals surface area (Å²) in [5.74, 6) is -0.977. The first-order chi connectivity index (χ1) is 9.60. The van der Waals surface area contributed by atoms with Crippen LogP contribution in [0.25, 0.3) is 6.08 Å². The van der Waals surface area contributed by atoms with Gasteiger partial charge in [-0.05, 0) is 30.7 Å². The lowest BCUT2D eigenvalue weighted by Gasteiger charge is -2.32. The first kappa shape index (κ1) is 14.1. The van der Waals surface area contributed by atoms with E-state index >= 15 is 0 Å². The van der Waals surface area contributed by atoms with Crippen LogP contribution in [-0.2, 0) is 9.53 Å². The summed E-state index contributed by atoms with van der Waals surface area (Å²) in [5.41, 5.74) is 2.83. The molecule has 104 valence electrons. The molecular formula is C15H16N2O3. The molecule has 1 aliphatic heterocycles. The van der Waals surface area contributed by atoms with Gasteiger partial charge in [0.1, 0.15) is 0 Å². The molecule has 1 aromatic rings. The Kier molecular flexibility index (Phi) is 4.38. The van der Waals surface area contributed by atoms with Gasteiger partial charge in [-0.15, -0.1) is 0 Å². The van der Waals surface area contributed by atoms with E-state index in [2.05, 4.69) is 11.0 Å². The standard InChI is InChI=1S/C15H16N2O3/c1-11-2-4-14(12(8-11)3-5-15(18)19)17-6-7-20-13(9-16)10-17/h2-5,8,13H,6-7,10H2,1H3,(H,18,19)/b5-3+. The average Bonchev–Trinajstić information content (AvgIpc) is 2.45. The van der Waals surface area contributed by atoms with Crippen molar-refractivity contribution in [3.63, 3.8) is 0 Å². The van der Waals surface area contributed by atoms with Crippen molar-refractivity contribution in [2.75, 3.05) is 24.6 Å². The van der Waals surface area contributed by atoms with Crippen molar-refractivity contribution in [2.24, 2.45) is 0 Å². The first-order valence-corrected chi connectivity index (χ1v) is 6.38.